The van der Waals surface area contributed by atoms with Crippen LogP contribution in [0.1, 0.15) is 46.0 Å². The van der Waals surface area contributed by atoms with Crippen LogP contribution in [0, 0.1) is 5.92 Å². The molecule has 2 N–H and O–H groups in total. The zero-order valence-electron chi connectivity index (χ0n) is 11.7. The highest BCUT2D eigenvalue weighted by Crippen LogP contribution is 2.24. The highest BCUT2D eigenvalue weighted by molar-refractivity contribution is 7.91. The van der Waals surface area contributed by atoms with Gasteiger partial charge < -0.3 is 10.4 Å². The number of nitrogens with one attached hydrogen (secondary N) is 1. The monoisotopic (exact) mass is 277 g/mol. The summed E-state index contributed by atoms with van der Waals surface area (Å²) in [5, 5.41) is 12.6. The molecule has 1 saturated carbocycles. The Labute approximate surface area is 111 Å². The lowest BCUT2D eigenvalue weighted by molar-refractivity contribution is 0.202. The molecule has 0 saturated heterocycles. The lowest BCUT2D eigenvalue weighted by Crippen LogP contribution is -2.45. The molecule has 108 valence electrons. The van der Waals surface area contributed by atoms with E-state index in [1.807, 2.05) is 0 Å². The largest absolute Gasteiger partial charge is 0.395 e. The molecule has 3 atom stereocenters. The highest BCUT2D eigenvalue weighted by atomic mass is 32.2. The van der Waals surface area contributed by atoms with Gasteiger partial charge >= 0.3 is 0 Å². The van der Waals surface area contributed by atoms with E-state index in [1.165, 1.54) is 6.26 Å². The summed E-state index contributed by atoms with van der Waals surface area (Å²) in [7, 11) is -2.93. The van der Waals surface area contributed by atoms with Gasteiger partial charge in [-0.3, -0.25) is 0 Å². The van der Waals surface area contributed by atoms with Gasteiger partial charge in [0.1, 0.15) is 9.84 Å². The second-order valence-corrected chi connectivity index (χ2v) is 8.32. The van der Waals surface area contributed by atoms with Crippen LogP contribution in [0.25, 0.3) is 0 Å². The minimum atomic E-state index is -2.93. The van der Waals surface area contributed by atoms with Gasteiger partial charge in [0.15, 0.2) is 0 Å². The number of hydrogen-bond acceptors (Lipinski definition) is 4. The standard InChI is InChI=1S/C13H27NO3S/c1-10(2)7-12(9-15)14-11-5-4-6-13(8-11)18(3,16)17/h10-15H,4-9H2,1-3H3. The molecule has 0 heterocycles. The maximum Gasteiger partial charge on any atom is 0.150 e. The van der Waals surface area contributed by atoms with Crippen LogP contribution in [0.5, 0.6) is 0 Å². The molecule has 0 bridgehead atoms. The Morgan fingerprint density at radius 2 is 2.00 bits per heavy atom. The van der Waals surface area contributed by atoms with Crippen molar-refractivity contribution in [3.05, 3.63) is 0 Å². The van der Waals surface area contributed by atoms with Crippen molar-refractivity contribution in [2.45, 2.75) is 63.3 Å². The van der Waals surface area contributed by atoms with Gasteiger partial charge in [-0.25, -0.2) is 8.42 Å². The summed E-state index contributed by atoms with van der Waals surface area (Å²) in [6, 6.07) is 0.322. The molecular formula is C13H27NO3S. The van der Waals surface area contributed by atoms with Crippen LogP contribution in [-0.4, -0.2) is 43.7 Å². The Hall–Kier alpha value is -0.130. The SMILES string of the molecule is CC(C)CC(CO)NC1CCCC(S(C)(=O)=O)C1. The molecule has 0 aromatic carbocycles. The highest BCUT2D eigenvalue weighted by Gasteiger charge is 2.29. The third-order valence-corrected chi connectivity index (χ3v) is 5.32. The molecule has 3 unspecified atom stereocenters. The first-order valence-corrected chi connectivity index (χ1v) is 8.84. The van der Waals surface area contributed by atoms with Crippen molar-refractivity contribution in [3.8, 4) is 0 Å². The molecule has 0 aromatic heterocycles. The van der Waals surface area contributed by atoms with Gasteiger partial charge in [0, 0.05) is 18.3 Å². The molecule has 1 fully saturated rings. The second kappa shape index (κ2) is 6.87. The molecular weight excluding hydrogens is 250 g/mol. The Morgan fingerprint density at radius 3 is 2.50 bits per heavy atom. The molecule has 1 aliphatic carbocycles. The van der Waals surface area contributed by atoms with Gasteiger partial charge in [0.05, 0.1) is 11.9 Å². The van der Waals surface area contributed by atoms with E-state index in [-0.39, 0.29) is 23.9 Å². The van der Waals surface area contributed by atoms with Crippen LogP contribution in [0.2, 0.25) is 0 Å². The fourth-order valence-corrected chi connectivity index (χ4v) is 3.96. The van der Waals surface area contributed by atoms with Crippen LogP contribution in [0.15, 0.2) is 0 Å². The normalized spacial score (nSPS) is 27.4. The van der Waals surface area contributed by atoms with Gasteiger partial charge in [-0.05, 0) is 31.6 Å². The van der Waals surface area contributed by atoms with Crippen molar-refractivity contribution < 1.29 is 13.5 Å². The average Bonchev–Trinajstić information content (AvgIpc) is 2.26. The quantitative estimate of drug-likeness (QED) is 0.769. The first-order valence-electron chi connectivity index (χ1n) is 6.88. The summed E-state index contributed by atoms with van der Waals surface area (Å²) in [4.78, 5) is 0. The minimum Gasteiger partial charge on any atom is -0.395 e. The smallest absolute Gasteiger partial charge is 0.150 e. The number of rotatable bonds is 6. The molecule has 0 spiro atoms. The fourth-order valence-electron chi connectivity index (χ4n) is 2.78. The van der Waals surface area contributed by atoms with Gasteiger partial charge in [0.2, 0.25) is 0 Å². The third-order valence-electron chi connectivity index (χ3n) is 3.68. The number of sulfone groups is 1. The van der Waals surface area contributed by atoms with Crippen LogP contribution >= 0.6 is 0 Å². The Morgan fingerprint density at radius 1 is 1.33 bits per heavy atom. The lowest BCUT2D eigenvalue weighted by Gasteiger charge is -2.32. The van der Waals surface area contributed by atoms with E-state index in [4.69, 9.17) is 0 Å². The Bertz CT molecular complexity index is 340. The van der Waals surface area contributed by atoms with Crippen molar-refractivity contribution in [3.63, 3.8) is 0 Å². The molecule has 0 radical (unpaired) electrons. The van der Waals surface area contributed by atoms with E-state index in [2.05, 4.69) is 19.2 Å². The van der Waals surface area contributed by atoms with Crippen molar-refractivity contribution in [1.29, 1.82) is 0 Å². The van der Waals surface area contributed by atoms with E-state index in [0.717, 1.165) is 25.7 Å². The fraction of sp³-hybridized carbons (Fsp3) is 1.00. The number of aliphatic hydroxyl groups is 1. The van der Waals surface area contributed by atoms with Gasteiger partial charge in [0.25, 0.3) is 0 Å². The summed E-state index contributed by atoms with van der Waals surface area (Å²) in [5.41, 5.74) is 0. The lowest BCUT2D eigenvalue weighted by atomic mass is 9.93. The van der Waals surface area contributed by atoms with E-state index in [0.29, 0.717) is 12.3 Å². The second-order valence-electron chi connectivity index (χ2n) is 5.99. The number of aliphatic hydroxyl groups excluding tert-OH is 1. The van der Waals surface area contributed by atoms with E-state index in [1.54, 1.807) is 0 Å². The predicted molar refractivity (Wildman–Crippen MR) is 74.4 cm³/mol. The van der Waals surface area contributed by atoms with Gasteiger partial charge in [-0.2, -0.15) is 0 Å². The molecule has 5 heteroatoms. The van der Waals surface area contributed by atoms with Gasteiger partial charge in [-0.15, -0.1) is 0 Å². The summed E-state index contributed by atoms with van der Waals surface area (Å²) < 4.78 is 23.2. The van der Waals surface area contributed by atoms with Crippen molar-refractivity contribution in [1.82, 2.24) is 5.32 Å². The Kier molecular flexibility index (Phi) is 6.08. The first kappa shape index (κ1) is 15.9. The summed E-state index contributed by atoms with van der Waals surface area (Å²) in [5.74, 6) is 0.531. The van der Waals surface area contributed by atoms with E-state index >= 15 is 0 Å². The molecule has 1 aliphatic rings. The molecule has 0 aliphatic heterocycles. The summed E-state index contributed by atoms with van der Waals surface area (Å²) in [6.45, 7) is 4.38. The van der Waals surface area contributed by atoms with Crippen LogP contribution in [0.4, 0.5) is 0 Å². The zero-order chi connectivity index (χ0) is 13.8. The van der Waals surface area contributed by atoms with Crippen molar-refractivity contribution in [2.24, 2.45) is 5.92 Å². The molecule has 18 heavy (non-hydrogen) atoms. The van der Waals surface area contributed by atoms with Crippen LogP contribution < -0.4 is 5.32 Å². The average molecular weight is 277 g/mol. The molecule has 4 nitrogen and oxygen atoms in total. The van der Waals surface area contributed by atoms with E-state index in [9.17, 15) is 13.5 Å². The summed E-state index contributed by atoms with van der Waals surface area (Å²) >= 11 is 0. The molecule has 0 amide bonds. The predicted octanol–water partition coefficient (Wildman–Crippen LogP) is 1.34. The topological polar surface area (TPSA) is 66.4 Å². The van der Waals surface area contributed by atoms with Crippen molar-refractivity contribution in [2.75, 3.05) is 12.9 Å². The molecule has 0 aromatic rings. The third kappa shape index (κ3) is 5.24. The summed E-state index contributed by atoms with van der Waals surface area (Å²) in [6.07, 6.45) is 5.70. The van der Waals surface area contributed by atoms with E-state index < -0.39 is 9.84 Å². The molecule has 1 rings (SSSR count). The van der Waals surface area contributed by atoms with Crippen LogP contribution in [-0.2, 0) is 9.84 Å². The maximum atomic E-state index is 11.6. The Balaban J connectivity index is 2.51. The minimum absolute atomic E-state index is 0.0910. The van der Waals surface area contributed by atoms with Crippen molar-refractivity contribution >= 4 is 9.84 Å². The zero-order valence-corrected chi connectivity index (χ0v) is 12.5. The maximum absolute atomic E-state index is 11.6. The van der Waals surface area contributed by atoms with Crippen LogP contribution in [0.3, 0.4) is 0 Å². The first-order chi connectivity index (χ1) is 8.32. The number of hydrogen-bond donors (Lipinski definition) is 2. The van der Waals surface area contributed by atoms with Gasteiger partial charge in [-0.1, -0.05) is 20.3 Å².